The standard InChI is InChI=1S/C14H25N3O/c1-4-14(3)11(10-12(14)18-5-2)15-7-6-13-16-8-9-17-13/h8-9,11-12,15H,4-7,10H2,1-3H3,(H,16,17). The van der Waals surface area contributed by atoms with E-state index in [1.165, 1.54) is 0 Å². The van der Waals surface area contributed by atoms with Crippen molar-refractivity contribution in [2.24, 2.45) is 5.41 Å². The number of aromatic nitrogens is 2. The predicted molar refractivity (Wildman–Crippen MR) is 72.5 cm³/mol. The van der Waals surface area contributed by atoms with Crippen LogP contribution in [0.3, 0.4) is 0 Å². The van der Waals surface area contributed by atoms with Crippen LogP contribution in [0.15, 0.2) is 12.4 Å². The van der Waals surface area contributed by atoms with Gasteiger partial charge in [0, 0.05) is 43.4 Å². The van der Waals surface area contributed by atoms with Gasteiger partial charge in [0.15, 0.2) is 0 Å². The second-order valence-electron chi connectivity index (χ2n) is 5.33. The molecule has 1 heterocycles. The first-order valence-electron chi connectivity index (χ1n) is 7.04. The lowest BCUT2D eigenvalue weighted by Gasteiger charge is -2.53. The topological polar surface area (TPSA) is 49.9 Å². The summed E-state index contributed by atoms with van der Waals surface area (Å²) in [5.41, 5.74) is 0.291. The highest BCUT2D eigenvalue weighted by atomic mass is 16.5. The summed E-state index contributed by atoms with van der Waals surface area (Å²) in [6.07, 6.45) is 7.36. The van der Waals surface area contributed by atoms with Gasteiger partial charge >= 0.3 is 0 Å². The molecule has 4 heteroatoms. The van der Waals surface area contributed by atoms with Gasteiger partial charge in [-0.15, -0.1) is 0 Å². The maximum Gasteiger partial charge on any atom is 0.107 e. The Morgan fingerprint density at radius 3 is 3.00 bits per heavy atom. The van der Waals surface area contributed by atoms with Gasteiger partial charge < -0.3 is 15.0 Å². The van der Waals surface area contributed by atoms with Crippen LogP contribution in [-0.4, -0.2) is 35.3 Å². The van der Waals surface area contributed by atoms with E-state index < -0.39 is 0 Å². The minimum atomic E-state index is 0.291. The molecule has 0 spiro atoms. The van der Waals surface area contributed by atoms with E-state index in [0.717, 1.165) is 38.2 Å². The van der Waals surface area contributed by atoms with E-state index in [-0.39, 0.29) is 0 Å². The number of aromatic amines is 1. The summed E-state index contributed by atoms with van der Waals surface area (Å²) in [5.74, 6) is 1.06. The van der Waals surface area contributed by atoms with Crippen molar-refractivity contribution in [1.82, 2.24) is 15.3 Å². The first-order valence-corrected chi connectivity index (χ1v) is 7.04. The SMILES string of the molecule is CCOC1CC(NCCc2ncc[nH]2)C1(C)CC. The first kappa shape index (κ1) is 13.6. The van der Waals surface area contributed by atoms with Crippen LogP contribution >= 0.6 is 0 Å². The lowest BCUT2D eigenvalue weighted by Crippen LogP contribution is -2.62. The zero-order valence-electron chi connectivity index (χ0n) is 11.7. The van der Waals surface area contributed by atoms with E-state index in [4.69, 9.17) is 4.74 Å². The Labute approximate surface area is 110 Å². The van der Waals surface area contributed by atoms with E-state index in [1.54, 1.807) is 6.20 Å². The monoisotopic (exact) mass is 251 g/mol. The molecular weight excluding hydrogens is 226 g/mol. The molecule has 1 saturated carbocycles. The molecule has 4 nitrogen and oxygen atoms in total. The molecule has 1 aromatic heterocycles. The normalized spacial score (nSPS) is 31.3. The Morgan fingerprint density at radius 2 is 2.39 bits per heavy atom. The molecule has 3 atom stereocenters. The van der Waals surface area contributed by atoms with Gasteiger partial charge in [-0.1, -0.05) is 13.8 Å². The van der Waals surface area contributed by atoms with Gasteiger partial charge in [0.25, 0.3) is 0 Å². The maximum absolute atomic E-state index is 5.81. The second kappa shape index (κ2) is 5.85. The molecule has 0 bridgehead atoms. The number of hydrogen-bond donors (Lipinski definition) is 2. The minimum absolute atomic E-state index is 0.291. The molecule has 102 valence electrons. The van der Waals surface area contributed by atoms with Crippen molar-refractivity contribution in [2.75, 3.05) is 13.2 Å². The van der Waals surface area contributed by atoms with Crippen molar-refractivity contribution in [3.63, 3.8) is 0 Å². The molecule has 18 heavy (non-hydrogen) atoms. The van der Waals surface area contributed by atoms with Crippen molar-refractivity contribution in [1.29, 1.82) is 0 Å². The Morgan fingerprint density at radius 1 is 1.56 bits per heavy atom. The molecule has 0 saturated heterocycles. The van der Waals surface area contributed by atoms with Crippen LogP contribution < -0.4 is 5.32 Å². The molecule has 3 unspecified atom stereocenters. The molecule has 0 aromatic carbocycles. The number of H-pyrrole nitrogens is 1. The molecule has 1 aliphatic rings. The maximum atomic E-state index is 5.81. The summed E-state index contributed by atoms with van der Waals surface area (Å²) in [7, 11) is 0. The molecule has 1 fully saturated rings. The molecule has 0 radical (unpaired) electrons. The van der Waals surface area contributed by atoms with Crippen LogP contribution in [0.1, 0.15) is 39.4 Å². The van der Waals surface area contributed by atoms with E-state index in [0.29, 0.717) is 17.6 Å². The second-order valence-corrected chi connectivity index (χ2v) is 5.33. The lowest BCUT2D eigenvalue weighted by molar-refractivity contribution is -0.125. The fourth-order valence-electron chi connectivity index (χ4n) is 2.87. The Hall–Kier alpha value is -0.870. The lowest BCUT2D eigenvalue weighted by atomic mass is 9.61. The van der Waals surface area contributed by atoms with Gasteiger partial charge in [-0.3, -0.25) is 0 Å². The number of nitrogens with one attached hydrogen (secondary N) is 2. The Kier molecular flexibility index (Phi) is 4.40. The van der Waals surface area contributed by atoms with Gasteiger partial charge in [0.2, 0.25) is 0 Å². The van der Waals surface area contributed by atoms with Gasteiger partial charge in [0.05, 0.1) is 6.10 Å². The third kappa shape index (κ3) is 2.59. The minimum Gasteiger partial charge on any atom is -0.378 e. The third-order valence-electron chi connectivity index (χ3n) is 4.42. The highest BCUT2D eigenvalue weighted by molar-refractivity contribution is 5.05. The van der Waals surface area contributed by atoms with E-state index in [1.807, 2.05) is 6.20 Å². The summed E-state index contributed by atoms with van der Waals surface area (Å²) in [6, 6.07) is 0.578. The fourth-order valence-corrected chi connectivity index (χ4v) is 2.87. The largest absolute Gasteiger partial charge is 0.378 e. The van der Waals surface area contributed by atoms with Gasteiger partial charge in [-0.05, 0) is 19.8 Å². The van der Waals surface area contributed by atoms with Crippen LogP contribution in [0.4, 0.5) is 0 Å². The van der Waals surface area contributed by atoms with Crippen molar-refractivity contribution in [2.45, 2.75) is 52.2 Å². The van der Waals surface area contributed by atoms with Crippen molar-refractivity contribution < 1.29 is 4.74 Å². The van der Waals surface area contributed by atoms with Gasteiger partial charge in [0.1, 0.15) is 5.82 Å². The summed E-state index contributed by atoms with van der Waals surface area (Å²) in [4.78, 5) is 7.37. The van der Waals surface area contributed by atoms with Crippen molar-refractivity contribution in [3.8, 4) is 0 Å². The zero-order chi connectivity index (χ0) is 13.0. The highest BCUT2D eigenvalue weighted by Gasteiger charge is 2.50. The van der Waals surface area contributed by atoms with E-state index >= 15 is 0 Å². The molecular formula is C14H25N3O. The van der Waals surface area contributed by atoms with Gasteiger partial charge in [-0.2, -0.15) is 0 Å². The number of imidazole rings is 1. The molecule has 2 rings (SSSR count). The zero-order valence-corrected chi connectivity index (χ0v) is 11.7. The third-order valence-corrected chi connectivity index (χ3v) is 4.42. The summed E-state index contributed by atoms with van der Waals surface area (Å²) < 4.78 is 5.81. The predicted octanol–water partition coefficient (Wildman–Crippen LogP) is 2.14. The summed E-state index contributed by atoms with van der Waals surface area (Å²) in [5, 5.41) is 3.65. The van der Waals surface area contributed by atoms with E-state index in [9.17, 15) is 0 Å². The summed E-state index contributed by atoms with van der Waals surface area (Å²) >= 11 is 0. The smallest absolute Gasteiger partial charge is 0.107 e. The number of ether oxygens (including phenoxy) is 1. The van der Waals surface area contributed by atoms with Gasteiger partial charge in [-0.25, -0.2) is 4.98 Å². The number of nitrogens with zero attached hydrogens (tertiary/aromatic N) is 1. The quantitative estimate of drug-likeness (QED) is 0.780. The Bertz CT molecular complexity index is 352. The molecule has 2 N–H and O–H groups in total. The molecule has 0 amide bonds. The molecule has 0 aliphatic heterocycles. The molecule has 1 aromatic rings. The number of hydrogen-bond acceptors (Lipinski definition) is 3. The van der Waals surface area contributed by atoms with Crippen LogP contribution in [0.5, 0.6) is 0 Å². The van der Waals surface area contributed by atoms with Crippen LogP contribution in [-0.2, 0) is 11.2 Å². The van der Waals surface area contributed by atoms with Crippen LogP contribution in [0.2, 0.25) is 0 Å². The molecule has 1 aliphatic carbocycles. The van der Waals surface area contributed by atoms with Crippen LogP contribution in [0.25, 0.3) is 0 Å². The summed E-state index contributed by atoms with van der Waals surface area (Å²) in [6.45, 7) is 8.47. The van der Waals surface area contributed by atoms with E-state index in [2.05, 4.69) is 36.1 Å². The van der Waals surface area contributed by atoms with Crippen molar-refractivity contribution in [3.05, 3.63) is 18.2 Å². The fraction of sp³-hybridized carbons (Fsp3) is 0.786. The first-order chi connectivity index (χ1) is 8.70. The van der Waals surface area contributed by atoms with Crippen LogP contribution in [0, 0.1) is 5.41 Å². The Balaban J connectivity index is 1.76. The average Bonchev–Trinajstić information content (AvgIpc) is 2.89. The highest BCUT2D eigenvalue weighted by Crippen LogP contribution is 2.45. The average molecular weight is 251 g/mol. The number of rotatable bonds is 7. The van der Waals surface area contributed by atoms with Crippen molar-refractivity contribution >= 4 is 0 Å².